The maximum absolute atomic E-state index is 12.6. The normalized spacial score (nSPS) is 11.8. The van der Waals surface area contributed by atoms with E-state index < -0.39 is 6.10 Å². The molecule has 1 rings (SSSR count). The van der Waals surface area contributed by atoms with Crippen LogP contribution in [0.5, 0.6) is 5.75 Å². The van der Waals surface area contributed by atoms with Crippen molar-refractivity contribution < 1.29 is 9.13 Å². The first-order valence-electron chi connectivity index (χ1n) is 3.54. The fourth-order valence-electron chi connectivity index (χ4n) is 0.771. The number of halogens is 1. The fraction of sp³-hybridized carbons (Fsp3) is 0.222. The molecule has 1 atom stereocenters. The highest BCUT2D eigenvalue weighted by Gasteiger charge is 2.01. The molecule has 0 fully saturated rings. The summed E-state index contributed by atoms with van der Waals surface area (Å²) in [5.74, 6) is 0.0155. The van der Waals surface area contributed by atoms with Crippen molar-refractivity contribution in [3.8, 4) is 11.8 Å². The molecule has 0 aliphatic rings. The lowest BCUT2D eigenvalue weighted by molar-refractivity contribution is 0.275. The predicted molar refractivity (Wildman–Crippen MR) is 42.1 cm³/mol. The standard InChI is InChI=1S/C9H8FNO/c1-7(6-11)12-9-4-2-3-8(10)5-9/h2-5,7H,1H3. The Morgan fingerprint density at radius 3 is 2.92 bits per heavy atom. The van der Waals surface area contributed by atoms with Gasteiger partial charge in [-0.15, -0.1) is 0 Å². The molecule has 1 unspecified atom stereocenters. The van der Waals surface area contributed by atoms with Crippen LogP contribution in [-0.2, 0) is 0 Å². The van der Waals surface area contributed by atoms with Crippen LogP contribution in [0, 0.1) is 17.1 Å². The van der Waals surface area contributed by atoms with Gasteiger partial charge in [-0.25, -0.2) is 4.39 Å². The smallest absolute Gasteiger partial charge is 0.181 e. The minimum absolute atomic E-state index is 0.363. The average Bonchev–Trinajstić information content (AvgIpc) is 2.04. The molecule has 0 saturated carbocycles. The zero-order valence-corrected chi connectivity index (χ0v) is 6.62. The van der Waals surface area contributed by atoms with Crippen LogP contribution in [0.15, 0.2) is 24.3 Å². The largest absolute Gasteiger partial charge is 0.476 e. The number of nitrogens with zero attached hydrogens (tertiary/aromatic N) is 1. The van der Waals surface area contributed by atoms with Crippen LogP contribution in [0.1, 0.15) is 6.92 Å². The van der Waals surface area contributed by atoms with Crippen LogP contribution < -0.4 is 4.74 Å². The summed E-state index contributed by atoms with van der Waals surface area (Å²) in [6, 6.07) is 7.60. The van der Waals surface area contributed by atoms with Gasteiger partial charge in [-0.2, -0.15) is 5.26 Å². The highest BCUT2D eigenvalue weighted by Crippen LogP contribution is 2.13. The van der Waals surface area contributed by atoms with Crippen molar-refractivity contribution in [3.05, 3.63) is 30.1 Å². The van der Waals surface area contributed by atoms with E-state index in [-0.39, 0.29) is 5.82 Å². The molecule has 1 aromatic carbocycles. The summed E-state index contributed by atoms with van der Waals surface area (Å²) in [7, 11) is 0. The molecule has 0 bridgehead atoms. The Bertz CT molecular complexity index is 306. The molecule has 0 aliphatic heterocycles. The van der Waals surface area contributed by atoms with Crippen LogP contribution >= 0.6 is 0 Å². The van der Waals surface area contributed by atoms with Gasteiger partial charge in [-0.05, 0) is 19.1 Å². The van der Waals surface area contributed by atoms with Gasteiger partial charge in [-0.1, -0.05) is 6.07 Å². The third kappa shape index (κ3) is 2.24. The summed E-state index contributed by atoms with van der Waals surface area (Å²) in [4.78, 5) is 0. The summed E-state index contributed by atoms with van der Waals surface area (Å²) < 4.78 is 17.6. The van der Waals surface area contributed by atoms with E-state index in [2.05, 4.69) is 0 Å². The zero-order chi connectivity index (χ0) is 8.97. The molecular formula is C9H8FNO. The predicted octanol–water partition coefficient (Wildman–Crippen LogP) is 2.12. The van der Waals surface area contributed by atoms with Crippen LogP contribution in [0.25, 0.3) is 0 Å². The number of nitriles is 1. The minimum atomic E-state index is -0.549. The zero-order valence-electron chi connectivity index (χ0n) is 6.62. The number of hydrogen-bond donors (Lipinski definition) is 0. The number of benzene rings is 1. The van der Waals surface area contributed by atoms with Gasteiger partial charge in [0.25, 0.3) is 0 Å². The van der Waals surface area contributed by atoms with E-state index >= 15 is 0 Å². The van der Waals surface area contributed by atoms with E-state index in [0.717, 1.165) is 0 Å². The van der Waals surface area contributed by atoms with Crippen LogP contribution in [0.2, 0.25) is 0 Å². The van der Waals surface area contributed by atoms with E-state index in [4.69, 9.17) is 10.00 Å². The second-order valence-corrected chi connectivity index (χ2v) is 2.35. The van der Waals surface area contributed by atoms with Crippen LogP contribution in [0.4, 0.5) is 4.39 Å². The Hall–Kier alpha value is -1.56. The molecule has 0 amide bonds. The molecule has 62 valence electrons. The number of ether oxygens (including phenoxy) is 1. The van der Waals surface area contributed by atoms with E-state index in [1.807, 2.05) is 6.07 Å². The Labute approximate surface area is 70.2 Å². The summed E-state index contributed by atoms with van der Waals surface area (Å²) in [6.07, 6.45) is -0.549. The molecule has 0 N–H and O–H groups in total. The third-order valence-electron chi connectivity index (χ3n) is 1.29. The Balaban J connectivity index is 2.71. The van der Waals surface area contributed by atoms with Crippen molar-refractivity contribution in [2.75, 3.05) is 0 Å². The monoisotopic (exact) mass is 165 g/mol. The molecule has 0 aliphatic carbocycles. The molecule has 1 aromatic rings. The Kier molecular flexibility index (Phi) is 2.65. The highest BCUT2D eigenvalue weighted by atomic mass is 19.1. The van der Waals surface area contributed by atoms with Crippen molar-refractivity contribution in [1.82, 2.24) is 0 Å². The van der Waals surface area contributed by atoms with E-state index in [0.29, 0.717) is 5.75 Å². The lowest BCUT2D eigenvalue weighted by atomic mass is 10.3. The van der Waals surface area contributed by atoms with Crippen LogP contribution in [0.3, 0.4) is 0 Å². The molecule has 0 heterocycles. The van der Waals surface area contributed by atoms with E-state index in [9.17, 15) is 4.39 Å². The van der Waals surface area contributed by atoms with Crippen molar-refractivity contribution in [2.45, 2.75) is 13.0 Å². The maximum Gasteiger partial charge on any atom is 0.181 e. The molecule has 12 heavy (non-hydrogen) atoms. The second kappa shape index (κ2) is 3.72. The second-order valence-electron chi connectivity index (χ2n) is 2.35. The van der Waals surface area contributed by atoms with E-state index in [1.54, 1.807) is 13.0 Å². The lowest BCUT2D eigenvalue weighted by Crippen LogP contribution is -2.07. The van der Waals surface area contributed by atoms with Crippen molar-refractivity contribution >= 4 is 0 Å². The first kappa shape index (κ1) is 8.54. The van der Waals surface area contributed by atoms with Gasteiger partial charge in [0.2, 0.25) is 0 Å². The molecule has 0 radical (unpaired) electrons. The number of rotatable bonds is 2. The summed E-state index contributed by atoms with van der Waals surface area (Å²) in [5, 5.41) is 8.40. The van der Waals surface area contributed by atoms with Crippen molar-refractivity contribution in [1.29, 1.82) is 5.26 Å². The van der Waals surface area contributed by atoms with E-state index in [1.165, 1.54) is 18.2 Å². The van der Waals surface area contributed by atoms with Crippen LogP contribution in [-0.4, -0.2) is 6.10 Å². The molecule has 2 nitrogen and oxygen atoms in total. The summed E-state index contributed by atoms with van der Waals surface area (Å²) in [5.41, 5.74) is 0. The molecule has 0 aromatic heterocycles. The molecule has 3 heteroatoms. The first-order chi connectivity index (χ1) is 5.72. The lowest BCUT2D eigenvalue weighted by Gasteiger charge is -2.06. The number of hydrogen-bond acceptors (Lipinski definition) is 2. The Morgan fingerprint density at radius 1 is 1.58 bits per heavy atom. The Morgan fingerprint density at radius 2 is 2.33 bits per heavy atom. The van der Waals surface area contributed by atoms with Crippen molar-refractivity contribution in [2.24, 2.45) is 0 Å². The topological polar surface area (TPSA) is 33.0 Å². The fourth-order valence-corrected chi connectivity index (χ4v) is 0.771. The van der Waals surface area contributed by atoms with Gasteiger partial charge in [0.1, 0.15) is 17.6 Å². The van der Waals surface area contributed by atoms with Gasteiger partial charge >= 0.3 is 0 Å². The van der Waals surface area contributed by atoms with Gasteiger partial charge in [0.05, 0.1) is 0 Å². The maximum atomic E-state index is 12.6. The third-order valence-corrected chi connectivity index (χ3v) is 1.29. The van der Waals surface area contributed by atoms with Gasteiger partial charge in [0.15, 0.2) is 6.10 Å². The van der Waals surface area contributed by atoms with Crippen molar-refractivity contribution in [3.63, 3.8) is 0 Å². The van der Waals surface area contributed by atoms with Gasteiger partial charge < -0.3 is 4.74 Å². The SMILES string of the molecule is CC(C#N)Oc1cccc(F)c1. The average molecular weight is 165 g/mol. The highest BCUT2D eigenvalue weighted by molar-refractivity contribution is 5.23. The first-order valence-corrected chi connectivity index (χ1v) is 3.54. The van der Waals surface area contributed by atoms with Gasteiger partial charge in [0, 0.05) is 6.07 Å². The quantitative estimate of drug-likeness (QED) is 0.672. The van der Waals surface area contributed by atoms with Gasteiger partial charge in [-0.3, -0.25) is 0 Å². The summed E-state index contributed by atoms with van der Waals surface area (Å²) >= 11 is 0. The molecule has 0 saturated heterocycles. The minimum Gasteiger partial charge on any atom is -0.476 e. The molecule has 0 spiro atoms. The summed E-state index contributed by atoms with van der Waals surface area (Å²) in [6.45, 7) is 1.60. The molecular weight excluding hydrogens is 157 g/mol.